The van der Waals surface area contributed by atoms with Gasteiger partial charge in [0.2, 0.25) is 0 Å². The van der Waals surface area contributed by atoms with Gasteiger partial charge in [0, 0.05) is 19.1 Å². The Morgan fingerprint density at radius 1 is 0.968 bits per heavy atom. The summed E-state index contributed by atoms with van der Waals surface area (Å²) in [6.07, 6.45) is 7.60. The van der Waals surface area contributed by atoms with Gasteiger partial charge in [-0.05, 0) is 61.1 Å². The van der Waals surface area contributed by atoms with Crippen molar-refractivity contribution in [3.05, 3.63) is 59.2 Å². The van der Waals surface area contributed by atoms with Gasteiger partial charge in [-0.1, -0.05) is 50.5 Å². The molecule has 1 aliphatic carbocycles. The first kappa shape index (κ1) is 23.1. The fourth-order valence-electron chi connectivity index (χ4n) is 3.87. The van der Waals surface area contributed by atoms with Gasteiger partial charge in [-0.3, -0.25) is 4.79 Å². The summed E-state index contributed by atoms with van der Waals surface area (Å²) in [7, 11) is 0. The van der Waals surface area contributed by atoms with Gasteiger partial charge in [0.15, 0.2) is 6.61 Å². The van der Waals surface area contributed by atoms with E-state index in [-0.39, 0.29) is 12.5 Å². The second-order valence-electron chi connectivity index (χ2n) is 8.37. The van der Waals surface area contributed by atoms with Crippen LogP contribution in [-0.4, -0.2) is 25.2 Å². The Hall–Kier alpha value is -2.53. The van der Waals surface area contributed by atoms with E-state index in [0.29, 0.717) is 24.9 Å². The summed E-state index contributed by atoms with van der Waals surface area (Å²) in [5, 5.41) is 6.56. The molecule has 0 bridgehead atoms. The van der Waals surface area contributed by atoms with E-state index in [2.05, 4.69) is 29.7 Å². The average molecular weight is 425 g/mol. The van der Waals surface area contributed by atoms with Crippen molar-refractivity contribution in [2.45, 2.75) is 71.5 Å². The smallest absolute Gasteiger partial charge is 0.258 e. The van der Waals surface area contributed by atoms with Gasteiger partial charge in [0.25, 0.3) is 5.91 Å². The summed E-state index contributed by atoms with van der Waals surface area (Å²) < 4.78 is 11.3. The number of benzene rings is 2. The van der Waals surface area contributed by atoms with Gasteiger partial charge in [0.05, 0.1) is 6.61 Å². The quantitative estimate of drug-likeness (QED) is 0.539. The zero-order valence-corrected chi connectivity index (χ0v) is 18.9. The topological polar surface area (TPSA) is 59.6 Å². The van der Waals surface area contributed by atoms with Crippen molar-refractivity contribution in [2.75, 3.05) is 13.2 Å². The molecule has 1 fully saturated rings. The highest BCUT2D eigenvalue weighted by molar-refractivity contribution is 5.77. The molecule has 2 aromatic carbocycles. The molecule has 3 rings (SSSR count). The molecule has 0 aliphatic heterocycles. The van der Waals surface area contributed by atoms with Crippen molar-refractivity contribution in [3.63, 3.8) is 0 Å². The van der Waals surface area contributed by atoms with Crippen molar-refractivity contribution in [3.8, 4) is 11.5 Å². The van der Waals surface area contributed by atoms with E-state index < -0.39 is 0 Å². The molecule has 31 heavy (non-hydrogen) atoms. The second-order valence-corrected chi connectivity index (χ2v) is 8.37. The van der Waals surface area contributed by atoms with Crippen LogP contribution in [0, 0.1) is 6.92 Å². The van der Waals surface area contributed by atoms with Crippen LogP contribution in [0.15, 0.2) is 42.5 Å². The fourth-order valence-corrected chi connectivity index (χ4v) is 3.87. The number of carbonyl (C=O) groups is 1. The molecule has 1 aliphatic rings. The highest BCUT2D eigenvalue weighted by Gasteiger charge is 2.12. The van der Waals surface area contributed by atoms with Crippen LogP contribution >= 0.6 is 0 Å². The number of carbonyl (C=O) groups excluding carboxylic acids is 1. The molecule has 2 N–H and O–H groups in total. The van der Waals surface area contributed by atoms with Gasteiger partial charge in [-0.15, -0.1) is 0 Å². The zero-order valence-electron chi connectivity index (χ0n) is 18.9. The summed E-state index contributed by atoms with van der Waals surface area (Å²) in [6, 6.07) is 14.6. The largest absolute Gasteiger partial charge is 0.493 e. The predicted molar refractivity (Wildman–Crippen MR) is 124 cm³/mol. The van der Waals surface area contributed by atoms with E-state index >= 15 is 0 Å². The van der Waals surface area contributed by atoms with Gasteiger partial charge < -0.3 is 20.1 Å². The zero-order chi connectivity index (χ0) is 21.9. The number of nitrogens with one attached hydrogen (secondary N) is 2. The third kappa shape index (κ3) is 7.91. The van der Waals surface area contributed by atoms with Gasteiger partial charge in [-0.25, -0.2) is 0 Å². The summed E-state index contributed by atoms with van der Waals surface area (Å²) in [4.78, 5) is 12.2. The molecule has 1 saturated carbocycles. The SMILES string of the molecule is CCCOc1ccc(CNC(=O)COc2ccc(CNC3CCCCC3)cc2)cc1C. The van der Waals surface area contributed by atoms with Crippen LogP contribution in [0.3, 0.4) is 0 Å². The van der Waals surface area contributed by atoms with E-state index in [1.54, 1.807) is 0 Å². The number of ether oxygens (including phenoxy) is 2. The van der Waals surface area contributed by atoms with E-state index in [1.165, 1.54) is 37.7 Å². The van der Waals surface area contributed by atoms with Crippen LogP contribution in [-0.2, 0) is 17.9 Å². The lowest BCUT2D eigenvalue weighted by Gasteiger charge is -2.22. The fraction of sp³-hybridized carbons (Fsp3) is 0.500. The third-order valence-electron chi connectivity index (χ3n) is 5.68. The number of rotatable bonds is 11. The molecule has 0 heterocycles. The lowest BCUT2D eigenvalue weighted by atomic mass is 9.95. The molecule has 5 heteroatoms. The molecular weight excluding hydrogens is 388 g/mol. The van der Waals surface area contributed by atoms with E-state index in [0.717, 1.165) is 29.8 Å². The number of amides is 1. The van der Waals surface area contributed by atoms with Crippen molar-refractivity contribution in [2.24, 2.45) is 0 Å². The molecule has 0 aromatic heterocycles. The molecule has 0 atom stereocenters. The molecule has 168 valence electrons. The highest BCUT2D eigenvalue weighted by atomic mass is 16.5. The lowest BCUT2D eigenvalue weighted by molar-refractivity contribution is -0.123. The van der Waals surface area contributed by atoms with Crippen LogP contribution in [0.5, 0.6) is 11.5 Å². The molecule has 0 spiro atoms. The van der Waals surface area contributed by atoms with Crippen LogP contribution in [0.1, 0.15) is 62.1 Å². The maximum absolute atomic E-state index is 12.2. The Bertz CT molecular complexity index is 814. The van der Waals surface area contributed by atoms with E-state index in [4.69, 9.17) is 9.47 Å². The van der Waals surface area contributed by atoms with Gasteiger partial charge in [-0.2, -0.15) is 0 Å². The maximum Gasteiger partial charge on any atom is 0.258 e. The molecular formula is C26H36N2O3. The highest BCUT2D eigenvalue weighted by Crippen LogP contribution is 2.20. The van der Waals surface area contributed by atoms with Crippen LogP contribution in [0.25, 0.3) is 0 Å². The minimum Gasteiger partial charge on any atom is -0.493 e. The number of hydrogen-bond acceptors (Lipinski definition) is 4. The molecule has 5 nitrogen and oxygen atoms in total. The van der Waals surface area contributed by atoms with Crippen molar-refractivity contribution in [1.82, 2.24) is 10.6 Å². The predicted octanol–water partition coefficient (Wildman–Crippen LogP) is 4.90. The Labute approximate surface area is 186 Å². The first-order chi connectivity index (χ1) is 15.1. The summed E-state index contributed by atoms with van der Waals surface area (Å²) >= 11 is 0. The maximum atomic E-state index is 12.2. The Kier molecular flexibility index (Phi) is 9.22. The number of aryl methyl sites for hydroxylation is 1. The van der Waals surface area contributed by atoms with E-state index in [9.17, 15) is 4.79 Å². The Balaban J connectivity index is 1.36. The van der Waals surface area contributed by atoms with Crippen molar-refractivity contribution < 1.29 is 14.3 Å². The molecule has 0 radical (unpaired) electrons. The van der Waals surface area contributed by atoms with Gasteiger partial charge >= 0.3 is 0 Å². The van der Waals surface area contributed by atoms with Crippen LogP contribution < -0.4 is 20.1 Å². The van der Waals surface area contributed by atoms with Crippen LogP contribution in [0.2, 0.25) is 0 Å². The normalized spacial score (nSPS) is 14.3. The Morgan fingerprint density at radius 2 is 1.71 bits per heavy atom. The molecule has 0 unspecified atom stereocenters. The lowest BCUT2D eigenvalue weighted by Crippen LogP contribution is -2.30. The minimum absolute atomic E-state index is 0.0103. The second kappa shape index (κ2) is 12.4. The first-order valence-electron chi connectivity index (χ1n) is 11.6. The summed E-state index contributed by atoms with van der Waals surface area (Å²) in [5.41, 5.74) is 3.36. The molecule has 1 amide bonds. The minimum atomic E-state index is -0.132. The molecule has 0 saturated heterocycles. The van der Waals surface area contributed by atoms with Crippen LogP contribution in [0.4, 0.5) is 0 Å². The van der Waals surface area contributed by atoms with Crippen molar-refractivity contribution >= 4 is 5.91 Å². The standard InChI is InChI=1S/C26H36N2O3/c1-3-15-30-25-14-11-22(16-20(25)2)18-28-26(29)19-31-24-12-9-21(10-13-24)17-27-23-7-5-4-6-8-23/h9-14,16,23,27H,3-8,15,17-19H2,1-2H3,(H,28,29). The number of hydrogen-bond donors (Lipinski definition) is 2. The van der Waals surface area contributed by atoms with Gasteiger partial charge in [0.1, 0.15) is 11.5 Å². The summed E-state index contributed by atoms with van der Waals surface area (Å²) in [5.74, 6) is 1.48. The third-order valence-corrected chi connectivity index (χ3v) is 5.68. The molecule has 2 aromatic rings. The monoisotopic (exact) mass is 424 g/mol. The Morgan fingerprint density at radius 3 is 2.42 bits per heavy atom. The van der Waals surface area contributed by atoms with Crippen molar-refractivity contribution in [1.29, 1.82) is 0 Å². The first-order valence-corrected chi connectivity index (χ1v) is 11.6. The summed E-state index contributed by atoms with van der Waals surface area (Å²) in [6.45, 7) is 6.19. The average Bonchev–Trinajstić information content (AvgIpc) is 2.81. The van der Waals surface area contributed by atoms with E-state index in [1.807, 2.05) is 37.3 Å².